The third-order valence-corrected chi connectivity index (χ3v) is 4.93. The van der Waals surface area contributed by atoms with Gasteiger partial charge in [0.2, 0.25) is 11.8 Å². The van der Waals surface area contributed by atoms with E-state index in [1.807, 2.05) is 24.3 Å². The van der Waals surface area contributed by atoms with Crippen molar-refractivity contribution in [2.24, 2.45) is 11.8 Å². The Morgan fingerprint density at radius 2 is 1.67 bits per heavy atom. The van der Waals surface area contributed by atoms with Crippen molar-refractivity contribution in [2.45, 2.75) is 32.6 Å². The molecular formula is C21H22ClFN2O2. The minimum Gasteiger partial charge on any atom is -0.326 e. The summed E-state index contributed by atoms with van der Waals surface area (Å²) in [6, 6.07) is 11.7. The third kappa shape index (κ3) is 4.48. The highest BCUT2D eigenvalue weighted by atomic mass is 35.5. The van der Waals surface area contributed by atoms with Crippen LogP contribution in [0.1, 0.15) is 32.8 Å². The zero-order valence-corrected chi connectivity index (χ0v) is 16.2. The Bertz CT molecular complexity index is 892. The molecular weight excluding hydrogens is 367 g/mol. The summed E-state index contributed by atoms with van der Waals surface area (Å²) in [5.74, 6) is -1.73. The lowest BCUT2D eigenvalue weighted by Gasteiger charge is -2.23. The SMILES string of the molecule is CC(C)(C)c1ccccc1NC(=O)C1CC1C(=O)Nc1ccc(F)c(Cl)c1. The number of amides is 2. The van der Waals surface area contributed by atoms with Crippen LogP contribution in [0.25, 0.3) is 0 Å². The van der Waals surface area contributed by atoms with Crippen LogP contribution in [0.2, 0.25) is 5.02 Å². The lowest BCUT2D eigenvalue weighted by atomic mass is 9.86. The van der Waals surface area contributed by atoms with Gasteiger partial charge in [0.25, 0.3) is 0 Å². The van der Waals surface area contributed by atoms with Crippen molar-refractivity contribution in [3.05, 3.63) is 58.9 Å². The summed E-state index contributed by atoms with van der Waals surface area (Å²) in [6.45, 7) is 6.25. The van der Waals surface area contributed by atoms with E-state index in [4.69, 9.17) is 11.6 Å². The lowest BCUT2D eigenvalue weighted by molar-refractivity contribution is -0.122. The molecule has 0 radical (unpaired) electrons. The number of benzene rings is 2. The van der Waals surface area contributed by atoms with Crippen molar-refractivity contribution in [1.82, 2.24) is 0 Å². The molecule has 1 saturated carbocycles. The fourth-order valence-corrected chi connectivity index (χ4v) is 3.24. The molecule has 2 aromatic carbocycles. The van der Waals surface area contributed by atoms with Crippen LogP contribution in [0.15, 0.2) is 42.5 Å². The molecule has 4 nitrogen and oxygen atoms in total. The van der Waals surface area contributed by atoms with E-state index in [0.29, 0.717) is 12.1 Å². The highest BCUT2D eigenvalue weighted by molar-refractivity contribution is 6.31. The summed E-state index contributed by atoms with van der Waals surface area (Å²) in [6.07, 6.45) is 0.490. The van der Waals surface area contributed by atoms with E-state index in [1.54, 1.807) is 0 Å². The molecule has 27 heavy (non-hydrogen) atoms. The predicted octanol–water partition coefficient (Wildman–Crippen LogP) is 4.99. The van der Waals surface area contributed by atoms with Gasteiger partial charge < -0.3 is 10.6 Å². The average molecular weight is 389 g/mol. The maximum atomic E-state index is 13.2. The molecule has 2 N–H and O–H groups in total. The van der Waals surface area contributed by atoms with Gasteiger partial charge in [-0.05, 0) is 41.7 Å². The van der Waals surface area contributed by atoms with Crippen LogP contribution in [0.5, 0.6) is 0 Å². The molecule has 2 amide bonds. The van der Waals surface area contributed by atoms with Crippen LogP contribution in [-0.4, -0.2) is 11.8 Å². The second kappa shape index (κ2) is 7.31. The van der Waals surface area contributed by atoms with Gasteiger partial charge >= 0.3 is 0 Å². The number of carbonyl (C=O) groups excluding carboxylic acids is 2. The molecule has 3 rings (SSSR count). The number of halogens is 2. The first-order valence-corrected chi connectivity index (χ1v) is 9.21. The molecule has 6 heteroatoms. The molecule has 2 unspecified atom stereocenters. The van der Waals surface area contributed by atoms with Crippen LogP contribution >= 0.6 is 11.6 Å². The van der Waals surface area contributed by atoms with E-state index < -0.39 is 11.7 Å². The third-order valence-electron chi connectivity index (χ3n) is 4.64. The summed E-state index contributed by atoms with van der Waals surface area (Å²) in [4.78, 5) is 24.9. The first-order chi connectivity index (χ1) is 12.7. The molecule has 1 fully saturated rings. The Morgan fingerprint density at radius 3 is 2.30 bits per heavy atom. The topological polar surface area (TPSA) is 58.2 Å². The highest BCUT2D eigenvalue weighted by Crippen LogP contribution is 2.41. The fraction of sp³-hybridized carbons (Fsp3) is 0.333. The molecule has 0 aliphatic heterocycles. The second-order valence-corrected chi connectivity index (χ2v) is 8.26. The van der Waals surface area contributed by atoms with Crippen LogP contribution in [0, 0.1) is 17.7 Å². The molecule has 1 aliphatic carbocycles. The first-order valence-electron chi connectivity index (χ1n) is 8.83. The van der Waals surface area contributed by atoms with Gasteiger partial charge in [0.1, 0.15) is 5.82 Å². The van der Waals surface area contributed by atoms with Crippen LogP contribution in [-0.2, 0) is 15.0 Å². The van der Waals surface area contributed by atoms with Crippen molar-refractivity contribution in [1.29, 1.82) is 0 Å². The Kier molecular flexibility index (Phi) is 5.24. The van der Waals surface area contributed by atoms with E-state index >= 15 is 0 Å². The number of hydrogen-bond acceptors (Lipinski definition) is 2. The van der Waals surface area contributed by atoms with E-state index in [0.717, 1.165) is 11.3 Å². The summed E-state index contributed by atoms with van der Waals surface area (Å²) in [5, 5.41) is 5.58. The number of para-hydroxylation sites is 1. The Balaban J connectivity index is 1.62. The van der Waals surface area contributed by atoms with Gasteiger partial charge in [-0.2, -0.15) is 0 Å². The van der Waals surface area contributed by atoms with Crippen molar-refractivity contribution in [3.63, 3.8) is 0 Å². The van der Waals surface area contributed by atoms with Gasteiger partial charge in [0, 0.05) is 11.4 Å². The Hall–Kier alpha value is -2.40. The summed E-state index contributed by atoms with van der Waals surface area (Å²) >= 11 is 5.72. The molecule has 0 aromatic heterocycles. The smallest absolute Gasteiger partial charge is 0.228 e. The minimum absolute atomic E-state index is 0.0586. The normalized spacial score (nSPS) is 18.7. The van der Waals surface area contributed by atoms with Crippen LogP contribution in [0.4, 0.5) is 15.8 Å². The van der Waals surface area contributed by atoms with Crippen molar-refractivity contribution < 1.29 is 14.0 Å². The van der Waals surface area contributed by atoms with Gasteiger partial charge in [-0.3, -0.25) is 9.59 Å². The Morgan fingerprint density at radius 1 is 1.04 bits per heavy atom. The molecule has 142 valence electrons. The Labute approximate surface area is 163 Å². The number of rotatable bonds is 4. The van der Waals surface area contributed by atoms with E-state index in [1.165, 1.54) is 18.2 Å². The van der Waals surface area contributed by atoms with Crippen molar-refractivity contribution >= 4 is 34.8 Å². The quantitative estimate of drug-likeness (QED) is 0.775. The summed E-state index contributed by atoms with van der Waals surface area (Å²) < 4.78 is 13.2. The second-order valence-electron chi connectivity index (χ2n) is 7.85. The number of anilines is 2. The number of hydrogen-bond donors (Lipinski definition) is 2. The molecule has 0 spiro atoms. The minimum atomic E-state index is -0.546. The molecule has 0 heterocycles. The van der Waals surface area contributed by atoms with E-state index in [2.05, 4.69) is 31.4 Å². The first kappa shape index (κ1) is 19.4. The van der Waals surface area contributed by atoms with Crippen LogP contribution < -0.4 is 10.6 Å². The maximum Gasteiger partial charge on any atom is 0.228 e. The molecule has 1 aliphatic rings. The number of carbonyl (C=O) groups is 2. The predicted molar refractivity (Wildman–Crippen MR) is 105 cm³/mol. The largest absolute Gasteiger partial charge is 0.326 e. The maximum absolute atomic E-state index is 13.2. The van der Waals surface area contributed by atoms with Gasteiger partial charge in [-0.1, -0.05) is 50.6 Å². The van der Waals surface area contributed by atoms with Gasteiger partial charge in [-0.25, -0.2) is 4.39 Å². The van der Waals surface area contributed by atoms with Gasteiger partial charge in [0.05, 0.1) is 16.9 Å². The van der Waals surface area contributed by atoms with Crippen LogP contribution in [0.3, 0.4) is 0 Å². The van der Waals surface area contributed by atoms with E-state index in [-0.39, 0.29) is 28.2 Å². The molecule has 0 bridgehead atoms. The van der Waals surface area contributed by atoms with Gasteiger partial charge in [0.15, 0.2) is 0 Å². The van der Waals surface area contributed by atoms with Crippen molar-refractivity contribution in [3.8, 4) is 0 Å². The summed E-state index contributed by atoms with van der Waals surface area (Å²) in [7, 11) is 0. The fourth-order valence-electron chi connectivity index (χ4n) is 3.05. The average Bonchev–Trinajstić information content (AvgIpc) is 3.39. The highest BCUT2D eigenvalue weighted by Gasteiger charge is 2.48. The van der Waals surface area contributed by atoms with Gasteiger partial charge in [-0.15, -0.1) is 0 Å². The monoisotopic (exact) mass is 388 g/mol. The number of nitrogens with one attached hydrogen (secondary N) is 2. The zero-order chi connectivity index (χ0) is 19.8. The standard InChI is InChI=1S/C21H22ClFN2O2/c1-21(2,3)15-6-4-5-7-18(15)25-20(27)14-11-13(14)19(26)24-12-8-9-17(23)16(22)10-12/h4-10,13-14H,11H2,1-3H3,(H,24,26)(H,25,27). The lowest BCUT2D eigenvalue weighted by Crippen LogP contribution is -2.22. The summed E-state index contributed by atoms with van der Waals surface area (Å²) in [5.41, 5.74) is 2.12. The van der Waals surface area contributed by atoms with Crippen molar-refractivity contribution in [2.75, 3.05) is 10.6 Å². The molecule has 2 atom stereocenters. The van der Waals surface area contributed by atoms with E-state index in [9.17, 15) is 14.0 Å². The molecule has 2 aromatic rings. The molecule has 0 saturated heterocycles. The zero-order valence-electron chi connectivity index (χ0n) is 15.5.